The van der Waals surface area contributed by atoms with E-state index in [0.717, 1.165) is 17.8 Å². The number of anilines is 1. The fourth-order valence-corrected chi connectivity index (χ4v) is 2.44. The zero-order valence-corrected chi connectivity index (χ0v) is 11.4. The molecule has 0 aromatic heterocycles. The van der Waals surface area contributed by atoms with Gasteiger partial charge >= 0.3 is 0 Å². The average molecular weight is 279 g/mol. The second-order valence-electron chi connectivity index (χ2n) is 4.22. The minimum Gasteiger partial charge on any atom is -0.384 e. The predicted octanol–water partition coefficient (Wildman–Crippen LogP) is 4.48. The van der Waals surface area contributed by atoms with Crippen molar-refractivity contribution in [3.63, 3.8) is 0 Å². The Hall–Kier alpha value is -1.55. The van der Waals surface area contributed by atoms with E-state index in [1.165, 1.54) is 23.4 Å². The highest BCUT2D eigenvalue weighted by atomic mass is 32.2. The molecule has 0 saturated heterocycles. The van der Waals surface area contributed by atoms with Gasteiger partial charge in [-0.05, 0) is 37.3 Å². The molecule has 0 aliphatic heterocycles. The van der Waals surface area contributed by atoms with Crippen molar-refractivity contribution < 1.29 is 8.78 Å². The number of nitrogens with one attached hydrogen (secondary N) is 1. The van der Waals surface area contributed by atoms with Crippen molar-refractivity contribution >= 4 is 17.4 Å². The molecule has 100 valence electrons. The van der Waals surface area contributed by atoms with Crippen LogP contribution in [0.15, 0.2) is 47.4 Å². The van der Waals surface area contributed by atoms with E-state index in [2.05, 4.69) is 5.32 Å². The lowest BCUT2D eigenvalue weighted by molar-refractivity contribution is 0.577. The average Bonchev–Trinajstić information content (AvgIpc) is 2.40. The minimum atomic E-state index is -0.407. The number of hydrogen-bond donors (Lipinski definition) is 1. The second-order valence-corrected chi connectivity index (χ2v) is 5.35. The van der Waals surface area contributed by atoms with E-state index >= 15 is 0 Å². The van der Waals surface area contributed by atoms with Gasteiger partial charge in [0.05, 0.1) is 0 Å². The summed E-state index contributed by atoms with van der Waals surface area (Å²) in [5, 5.41) is 3.24. The lowest BCUT2D eigenvalue weighted by atomic mass is 10.2. The van der Waals surface area contributed by atoms with Crippen LogP contribution in [0.5, 0.6) is 0 Å². The molecule has 0 fully saturated rings. The van der Waals surface area contributed by atoms with Crippen LogP contribution in [0.25, 0.3) is 0 Å². The lowest BCUT2D eigenvalue weighted by Gasteiger charge is -2.07. The number of halogens is 2. The smallest absolute Gasteiger partial charge is 0.136 e. The van der Waals surface area contributed by atoms with Gasteiger partial charge in [-0.15, -0.1) is 11.8 Å². The standard InChI is InChI=1S/C15H15F2NS/c1-11-2-5-13(6-3-11)18-8-9-19-15-10-12(16)4-7-14(15)17/h2-7,10,18H,8-9H2,1H3. The van der Waals surface area contributed by atoms with E-state index in [-0.39, 0.29) is 5.82 Å². The zero-order chi connectivity index (χ0) is 13.7. The molecule has 1 nitrogen and oxygen atoms in total. The maximum Gasteiger partial charge on any atom is 0.136 e. The van der Waals surface area contributed by atoms with E-state index in [9.17, 15) is 8.78 Å². The second kappa shape index (κ2) is 6.57. The van der Waals surface area contributed by atoms with Crippen molar-refractivity contribution in [1.82, 2.24) is 0 Å². The van der Waals surface area contributed by atoms with Gasteiger partial charge in [-0.1, -0.05) is 17.7 Å². The van der Waals surface area contributed by atoms with Crippen molar-refractivity contribution in [2.75, 3.05) is 17.6 Å². The van der Waals surface area contributed by atoms with Gasteiger partial charge < -0.3 is 5.32 Å². The Morgan fingerprint density at radius 1 is 1.05 bits per heavy atom. The van der Waals surface area contributed by atoms with Gasteiger partial charge in [0.15, 0.2) is 0 Å². The summed E-state index contributed by atoms with van der Waals surface area (Å²) >= 11 is 1.31. The van der Waals surface area contributed by atoms with Crippen LogP contribution < -0.4 is 5.32 Å². The first-order chi connectivity index (χ1) is 9.15. The molecular weight excluding hydrogens is 264 g/mol. The summed E-state index contributed by atoms with van der Waals surface area (Å²) in [6.45, 7) is 2.73. The largest absolute Gasteiger partial charge is 0.384 e. The monoisotopic (exact) mass is 279 g/mol. The van der Waals surface area contributed by atoms with E-state index in [1.54, 1.807) is 0 Å². The van der Waals surface area contributed by atoms with Crippen molar-refractivity contribution in [3.8, 4) is 0 Å². The Balaban J connectivity index is 1.80. The third-order valence-electron chi connectivity index (χ3n) is 2.63. The maximum atomic E-state index is 13.4. The van der Waals surface area contributed by atoms with Crippen molar-refractivity contribution in [2.24, 2.45) is 0 Å². The molecule has 19 heavy (non-hydrogen) atoms. The van der Waals surface area contributed by atoms with Gasteiger partial charge in [0.2, 0.25) is 0 Å². The third kappa shape index (κ3) is 4.24. The molecule has 0 atom stereocenters. The van der Waals surface area contributed by atoms with Gasteiger partial charge in [-0.3, -0.25) is 0 Å². The first-order valence-corrected chi connectivity index (χ1v) is 7.02. The Kier molecular flexibility index (Phi) is 4.80. The molecule has 0 spiro atoms. The summed E-state index contributed by atoms with van der Waals surface area (Å²) in [5.74, 6) is -0.106. The molecule has 2 aromatic carbocycles. The molecule has 0 heterocycles. The number of aryl methyl sites for hydroxylation is 1. The highest BCUT2D eigenvalue weighted by Crippen LogP contribution is 2.22. The topological polar surface area (TPSA) is 12.0 Å². The summed E-state index contributed by atoms with van der Waals surface area (Å²) in [7, 11) is 0. The van der Waals surface area contributed by atoms with E-state index in [1.807, 2.05) is 31.2 Å². The summed E-state index contributed by atoms with van der Waals surface area (Å²) in [4.78, 5) is 0.353. The molecule has 1 N–H and O–H groups in total. The molecule has 0 aliphatic rings. The highest BCUT2D eigenvalue weighted by Gasteiger charge is 2.03. The summed E-state index contributed by atoms with van der Waals surface area (Å²) in [6.07, 6.45) is 0. The van der Waals surface area contributed by atoms with Crippen LogP contribution in [0.3, 0.4) is 0 Å². The number of benzene rings is 2. The normalized spacial score (nSPS) is 10.5. The number of hydrogen-bond acceptors (Lipinski definition) is 2. The molecule has 4 heteroatoms. The van der Waals surface area contributed by atoms with Crippen molar-refractivity contribution in [2.45, 2.75) is 11.8 Å². The van der Waals surface area contributed by atoms with E-state index in [4.69, 9.17) is 0 Å². The number of thioether (sulfide) groups is 1. The Labute approximate surface area is 116 Å². The van der Waals surface area contributed by atoms with Gasteiger partial charge in [0.25, 0.3) is 0 Å². The molecule has 0 aliphatic carbocycles. The van der Waals surface area contributed by atoms with Gasteiger partial charge in [0.1, 0.15) is 11.6 Å². The van der Waals surface area contributed by atoms with Crippen molar-refractivity contribution in [3.05, 3.63) is 59.7 Å². The van der Waals surface area contributed by atoms with Gasteiger partial charge in [-0.2, -0.15) is 0 Å². The highest BCUT2D eigenvalue weighted by molar-refractivity contribution is 7.99. The van der Waals surface area contributed by atoms with Crippen molar-refractivity contribution in [1.29, 1.82) is 0 Å². The molecule has 0 bridgehead atoms. The van der Waals surface area contributed by atoms with Crippen LogP contribution in [0.1, 0.15) is 5.56 Å². The first-order valence-electron chi connectivity index (χ1n) is 6.03. The van der Waals surface area contributed by atoms with Crippen LogP contribution in [0, 0.1) is 18.6 Å². The van der Waals surface area contributed by atoms with Gasteiger partial charge in [0, 0.05) is 22.9 Å². The molecule has 0 radical (unpaired) electrons. The third-order valence-corrected chi connectivity index (χ3v) is 3.67. The minimum absolute atomic E-state index is 0.353. The summed E-state index contributed by atoms with van der Waals surface area (Å²) in [6, 6.07) is 11.6. The summed E-state index contributed by atoms with van der Waals surface area (Å²) in [5.41, 5.74) is 2.24. The zero-order valence-electron chi connectivity index (χ0n) is 10.6. The Morgan fingerprint density at radius 2 is 1.79 bits per heavy atom. The van der Waals surface area contributed by atoms with E-state index < -0.39 is 5.82 Å². The van der Waals surface area contributed by atoms with Gasteiger partial charge in [-0.25, -0.2) is 8.78 Å². The quantitative estimate of drug-likeness (QED) is 0.640. The predicted molar refractivity (Wildman–Crippen MR) is 76.8 cm³/mol. The lowest BCUT2D eigenvalue weighted by Crippen LogP contribution is -2.04. The number of rotatable bonds is 5. The van der Waals surface area contributed by atoms with Crippen LogP contribution in [0.2, 0.25) is 0 Å². The van der Waals surface area contributed by atoms with Crippen LogP contribution in [-0.2, 0) is 0 Å². The summed E-state index contributed by atoms with van der Waals surface area (Å²) < 4.78 is 26.3. The SMILES string of the molecule is Cc1ccc(NCCSc2cc(F)ccc2F)cc1. The molecule has 0 amide bonds. The maximum absolute atomic E-state index is 13.4. The van der Waals surface area contributed by atoms with Crippen LogP contribution in [0.4, 0.5) is 14.5 Å². The molecule has 0 unspecified atom stereocenters. The fraction of sp³-hybridized carbons (Fsp3) is 0.200. The fourth-order valence-electron chi connectivity index (χ4n) is 1.62. The molecule has 0 saturated carbocycles. The van der Waals surface area contributed by atoms with E-state index in [0.29, 0.717) is 17.2 Å². The molecular formula is C15H15F2NS. The van der Waals surface area contributed by atoms with Crippen LogP contribution in [-0.4, -0.2) is 12.3 Å². The Bertz CT molecular complexity index is 540. The molecule has 2 aromatic rings. The molecule has 2 rings (SSSR count). The Morgan fingerprint density at radius 3 is 2.53 bits per heavy atom. The van der Waals surface area contributed by atoms with Crippen LogP contribution >= 0.6 is 11.8 Å². The first kappa shape index (κ1) is 13.9.